The van der Waals surface area contributed by atoms with Gasteiger partial charge in [0.25, 0.3) is 0 Å². The molecule has 0 unspecified atom stereocenters. The third-order valence-electron chi connectivity index (χ3n) is 12.4. The molecule has 0 amide bonds. The van der Waals surface area contributed by atoms with Gasteiger partial charge in [0.15, 0.2) is 0 Å². The van der Waals surface area contributed by atoms with Crippen LogP contribution in [0.15, 0.2) is 241 Å². The molecular weight excluding hydrogens is 751 g/mol. The minimum absolute atomic E-state index is 0.865. The molecule has 2 nitrogen and oxygen atoms in total. The quantitative estimate of drug-likeness (QED) is 0.150. The summed E-state index contributed by atoms with van der Waals surface area (Å²) in [7, 11) is 0. The van der Waals surface area contributed by atoms with Gasteiger partial charge < -0.3 is 9.32 Å². The molecule has 0 aliphatic carbocycles. The predicted molar refractivity (Wildman–Crippen MR) is 263 cm³/mol. The Labute approximate surface area is 360 Å². The Morgan fingerprint density at radius 3 is 1.37 bits per heavy atom. The fraction of sp³-hybridized carbons (Fsp3) is 0. The van der Waals surface area contributed by atoms with Crippen LogP contribution in [0.3, 0.4) is 0 Å². The highest BCUT2D eigenvalue weighted by Crippen LogP contribution is 2.46. The van der Waals surface area contributed by atoms with Crippen LogP contribution in [0.4, 0.5) is 17.1 Å². The number of hydrogen-bond acceptors (Lipinski definition) is 2. The van der Waals surface area contributed by atoms with Gasteiger partial charge in [0.05, 0.1) is 0 Å². The Morgan fingerprint density at radius 1 is 0.258 bits per heavy atom. The van der Waals surface area contributed by atoms with Crippen molar-refractivity contribution in [2.24, 2.45) is 0 Å². The van der Waals surface area contributed by atoms with E-state index >= 15 is 0 Å². The Kier molecular flexibility index (Phi) is 8.53. The molecule has 12 aromatic rings. The first-order valence-electron chi connectivity index (χ1n) is 21.2. The molecule has 0 saturated heterocycles. The van der Waals surface area contributed by atoms with Crippen LogP contribution in [-0.2, 0) is 0 Å². The van der Waals surface area contributed by atoms with E-state index in [0.717, 1.165) is 50.0 Å². The summed E-state index contributed by atoms with van der Waals surface area (Å²) in [5, 5.41) is 9.54. The molecule has 62 heavy (non-hydrogen) atoms. The Bertz CT molecular complexity index is 3590. The number of benzene rings is 11. The Morgan fingerprint density at radius 2 is 0.710 bits per heavy atom. The van der Waals surface area contributed by atoms with E-state index in [1.54, 1.807) is 0 Å². The molecule has 0 saturated carbocycles. The molecule has 0 atom stereocenters. The number of rotatable bonds is 7. The second-order valence-corrected chi connectivity index (χ2v) is 16.0. The molecule has 2 heteroatoms. The zero-order valence-corrected chi connectivity index (χ0v) is 33.9. The first-order chi connectivity index (χ1) is 30.7. The van der Waals surface area contributed by atoms with E-state index in [-0.39, 0.29) is 0 Å². The average Bonchev–Trinajstić information content (AvgIpc) is 3.73. The Hall–Kier alpha value is -8.20. The molecular formula is C60H39NO. The van der Waals surface area contributed by atoms with E-state index in [0.29, 0.717) is 0 Å². The topological polar surface area (TPSA) is 16.4 Å². The van der Waals surface area contributed by atoms with E-state index in [9.17, 15) is 0 Å². The van der Waals surface area contributed by atoms with E-state index in [4.69, 9.17) is 4.42 Å². The first-order valence-corrected chi connectivity index (χ1v) is 21.2. The standard InChI is InChI=1S/C60H39NO/c1-4-14-40(15-5-1)41-24-30-47(31-25-41)61(49-34-37-53-55-36-28-43-16-10-11-21-50(43)60(55)62-57(53)39-49)48-32-26-42(27-33-48)46-29-35-52-51-22-12-13-23-54(51)58(44-17-6-2-7-18-44)59(56(52)38-46)45-19-8-3-9-20-45/h1-39H. The lowest BCUT2D eigenvalue weighted by Gasteiger charge is -2.26. The summed E-state index contributed by atoms with van der Waals surface area (Å²) in [5.74, 6) is 0. The molecule has 1 aromatic heterocycles. The number of furan rings is 1. The van der Waals surface area contributed by atoms with Crippen molar-refractivity contribution in [2.45, 2.75) is 0 Å². The normalized spacial score (nSPS) is 11.5. The zero-order valence-electron chi connectivity index (χ0n) is 33.9. The summed E-state index contributed by atoms with van der Waals surface area (Å²) in [6, 6.07) is 85.4. The van der Waals surface area contributed by atoms with Gasteiger partial charge >= 0.3 is 0 Å². The van der Waals surface area contributed by atoms with Gasteiger partial charge in [-0.25, -0.2) is 0 Å². The summed E-state index contributed by atoms with van der Waals surface area (Å²) in [6.07, 6.45) is 0. The van der Waals surface area contributed by atoms with Gasteiger partial charge in [-0.1, -0.05) is 182 Å². The van der Waals surface area contributed by atoms with Crippen molar-refractivity contribution in [3.63, 3.8) is 0 Å². The third-order valence-corrected chi connectivity index (χ3v) is 12.4. The van der Waals surface area contributed by atoms with Crippen molar-refractivity contribution < 1.29 is 4.42 Å². The summed E-state index contributed by atoms with van der Waals surface area (Å²) < 4.78 is 6.70. The maximum Gasteiger partial charge on any atom is 0.143 e. The lowest BCUT2D eigenvalue weighted by molar-refractivity contribution is 0.672. The molecule has 0 fully saturated rings. The minimum atomic E-state index is 0.865. The largest absolute Gasteiger partial charge is 0.455 e. The van der Waals surface area contributed by atoms with Crippen molar-refractivity contribution in [1.82, 2.24) is 0 Å². The van der Waals surface area contributed by atoms with Crippen molar-refractivity contribution in [3.8, 4) is 44.5 Å². The van der Waals surface area contributed by atoms with Crippen molar-refractivity contribution >= 4 is 71.3 Å². The molecule has 12 rings (SSSR count). The smallest absolute Gasteiger partial charge is 0.143 e. The van der Waals surface area contributed by atoms with Crippen LogP contribution >= 0.6 is 0 Å². The molecule has 0 bridgehead atoms. The molecule has 0 radical (unpaired) electrons. The monoisotopic (exact) mass is 789 g/mol. The maximum atomic E-state index is 6.70. The van der Waals surface area contributed by atoms with Crippen molar-refractivity contribution in [2.75, 3.05) is 4.90 Å². The highest BCUT2D eigenvalue weighted by atomic mass is 16.3. The number of nitrogens with zero attached hydrogens (tertiary/aromatic N) is 1. The molecule has 11 aromatic carbocycles. The van der Waals surface area contributed by atoms with Crippen LogP contribution in [0.2, 0.25) is 0 Å². The molecule has 1 heterocycles. The van der Waals surface area contributed by atoms with Crippen LogP contribution in [-0.4, -0.2) is 0 Å². The van der Waals surface area contributed by atoms with Gasteiger partial charge in [-0.05, 0) is 120 Å². The summed E-state index contributed by atoms with van der Waals surface area (Å²) in [6.45, 7) is 0. The number of anilines is 3. The lowest BCUT2D eigenvalue weighted by Crippen LogP contribution is -2.09. The molecule has 0 aliphatic heterocycles. The van der Waals surface area contributed by atoms with Crippen molar-refractivity contribution in [3.05, 3.63) is 237 Å². The van der Waals surface area contributed by atoms with Gasteiger partial charge in [0.2, 0.25) is 0 Å². The molecule has 290 valence electrons. The van der Waals surface area contributed by atoms with Gasteiger partial charge in [0, 0.05) is 39.3 Å². The van der Waals surface area contributed by atoms with E-state index in [1.165, 1.54) is 65.9 Å². The highest BCUT2D eigenvalue weighted by molar-refractivity contribution is 6.22. The maximum absolute atomic E-state index is 6.70. The van der Waals surface area contributed by atoms with Gasteiger partial charge in [-0.3, -0.25) is 0 Å². The SMILES string of the molecule is c1ccc(-c2ccc(N(c3ccc(-c4ccc5c(c4)c(-c4ccccc4)c(-c4ccccc4)c4ccccc45)cc3)c3ccc4c(c3)oc3c5ccccc5ccc43)cc2)cc1. The molecule has 0 N–H and O–H groups in total. The fourth-order valence-electron chi connectivity index (χ4n) is 9.50. The van der Waals surface area contributed by atoms with Crippen LogP contribution in [0.5, 0.6) is 0 Å². The van der Waals surface area contributed by atoms with Crippen LogP contribution in [0, 0.1) is 0 Å². The summed E-state index contributed by atoms with van der Waals surface area (Å²) >= 11 is 0. The summed E-state index contributed by atoms with van der Waals surface area (Å²) in [4.78, 5) is 2.33. The molecule has 0 spiro atoms. The third kappa shape index (κ3) is 6.04. The predicted octanol–water partition coefficient (Wildman–Crippen LogP) is 17.2. The molecule has 0 aliphatic rings. The lowest BCUT2D eigenvalue weighted by atomic mass is 9.84. The highest BCUT2D eigenvalue weighted by Gasteiger charge is 2.20. The first kappa shape index (κ1) is 35.7. The van der Waals surface area contributed by atoms with Gasteiger partial charge in [-0.15, -0.1) is 0 Å². The van der Waals surface area contributed by atoms with E-state index < -0.39 is 0 Å². The number of hydrogen-bond donors (Lipinski definition) is 0. The summed E-state index contributed by atoms with van der Waals surface area (Å²) in [5.41, 5.74) is 14.6. The van der Waals surface area contributed by atoms with Crippen LogP contribution in [0.1, 0.15) is 0 Å². The van der Waals surface area contributed by atoms with Crippen LogP contribution < -0.4 is 4.90 Å². The number of fused-ring (bicyclic) bond motifs is 8. The van der Waals surface area contributed by atoms with Crippen molar-refractivity contribution in [1.29, 1.82) is 0 Å². The second kappa shape index (κ2) is 14.8. The van der Waals surface area contributed by atoms with Gasteiger partial charge in [0.1, 0.15) is 11.2 Å². The zero-order chi connectivity index (χ0) is 41.0. The van der Waals surface area contributed by atoms with E-state index in [2.05, 4.69) is 241 Å². The van der Waals surface area contributed by atoms with Gasteiger partial charge in [-0.2, -0.15) is 0 Å². The Balaban J connectivity index is 1.00. The van der Waals surface area contributed by atoms with Crippen LogP contribution in [0.25, 0.3) is 98.8 Å². The second-order valence-electron chi connectivity index (χ2n) is 16.0. The fourth-order valence-corrected chi connectivity index (χ4v) is 9.50. The average molecular weight is 790 g/mol. The van der Waals surface area contributed by atoms with E-state index in [1.807, 2.05) is 0 Å². The minimum Gasteiger partial charge on any atom is -0.455 e.